The molecule has 3 rings (SSSR count). The van der Waals surface area contributed by atoms with Crippen LogP contribution in [0.5, 0.6) is 0 Å². The molecule has 1 atom stereocenters. The van der Waals surface area contributed by atoms with Crippen LogP contribution in [-0.4, -0.2) is 10.9 Å². The fraction of sp³-hybridized carbons (Fsp3) is 0.0526. The van der Waals surface area contributed by atoms with Crippen molar-refractivity contribution in [3.8, 4) is 11.3 Å². The van der Waals surface area contributed by atoms with Gasteiger partial charge in [0, 0.05) is 11.1 Å². The average Bonchev–Trinajstić information content (AvgIpc) is 2.59. The Labute approximate surface area is 137 Å². The topological polar surface area (TPSA) is 56.0 Å². The molecule has 0 saturated heterocycles. The number of aromatic nitrogens is 1. The number of nitrogens with two attached hydrogens (primary N) is 1. The monoisotopic (exact) mass is 324 g/mol. The van der Waals surface area contributed by atoms with Crippen LogP contribution in [-0.2, 0) is 4.79 Å². The number of hydrogen-bond acceptors (Lipinski definition) is 2. The molecule has 1 heterocycles. The van der Waals surface area contributed by atoms with Crippen LogP contribution < -0.4 is 5.73 Å². The van der Waals surface area contributed by atoms with E-state index >= 15 is 0 Å². The van der Waals surface area contributed by atoms with Gasteiger partial charge in [0.2, 0.25) is 5.91 Å². The summed E-state index contributed by atoms with van der Waals surface area (Å²) in [5.74, 6) is -3.82. The smallest absolute Gasteiger partial charge is 0.231 e. The van der Waals surface area contributed by atoms with E-state index in [9.17, 15) is 13.6 Å². The number of benzene rings is 2. The summed E-state index contributed by atoms with van der Waals surface area (Å²) >= 11 is 0. The van der Waals surface area contributed by atoms with Crippen molar-refractivity contribution in [2.24, 2.45) is 5.73 Å². The number of halogens is 2. The van der Waals surface area contributed by atoms with Crippen molar-refractivity contribution < 1.29 is 13.6 Å². The summed E-state index contributed by atoms with van der Waals surface area (Å²) in [5, 5.41) is 0. The zero-order chi connectivity index (χ0) is 17.1. The van der Waals surface area contributed by atoms with Crippen LogP contribution in [0.1, 0.15) is 17.2 Å². The molecule has 0 spiro atoms. The first-order chi connectivity index (χ1) is 11.6. The van der Waals surface area contributed by atoms with E-state index in [1.165, 1.54) is 12.1 Å². The Bertz CT molecular complexity index is 861. The van der Waals surface area contributed by atoms with Crippen LogP contribution in [0.2, 0.25) is 0 Å². The third kappa shape index (κ3) is 3.01. The van der Waals surface area contributed by atoms with Crippen molar-refractivity contribution in [1.82, 2.24) is 4.98 Å². The highest BCUT2D eigenvalue weighted by Crippen LogP contribution is 2.29. The van der Waals surface area contributed by atoms with Gasteiger partial charge in [-0.3, -0.25) is 9.78 Å². The summed E-state index contributed by atoms with van der Waals surface area (Å²) in [4.78, 5) is 16.3. The second-order valence-electron chi connectivity index (χ2n) is 5.28. The van der Waals surface area contributed by atoms with Crippen LogP contribution in [0.25, 0.3) is 11.3 Å². The number of carbonyl (C=O) groups excluding carboxylic acids is 1. The Kier molecular flexibility index (Phi) is 4.33. The second kappa shape index (κ2) is 6.58. The molecule has 5 heteroatoms. The Morgan fingerprint density at radius 2 is 1.50 bits per heavy atom. The van der Waals surface area contributed by atoms with Crippen molar-refractivity contribution >= 4 is 5.91 Å². The number of pyridine rings is 1. The molecule has 0 fully saturated rings. The first kappa shape index (κ1) is 15.8. The second-order valence-corrected chi connectivity index (χ2v) is 5.28. The summed E-state index contributed by atoms with van der Waals surface area (Å²) < 4.78 is 28.2. The molecule has 3 nitrogen and oxygen atoms in total. The van der Waals surface area contributed by atoms with Crippen molar-refractivity contribution in [3.63, 3.8) is 0 Å². The number of hydrogen-bond donors (Lipinski definition) is 1. The minimum absolute atomic E-state index is 0.202. The van der Waals surface area contributed by atoms with Crippen LogP contribution in [0.15, 0.2) is 66.7 Å². The number of primary amides is 1. The van der Waals surface area contributed by atoms with Gasteiger partial charge < -0.3 is 5.73 Å². The molecule has 2 N–H and O–H groups in total. The van der Waals surface area contributed by atoms with Gasteiger partial charge in [0.15, 0.2) is 0 Å². The maximum absolute atomic E-state index is 14.1. The number of nitrogens with zero attached hydrogens (tertiary/aromatic N) is 1. The molecule has 1 unspecified atom stereocenters. The van der Waals surface area contributed by atoms with E-state index in [1.807, 2.05) is 30.3 Å². The standard InChI is InChI=1S/C19H14F2N2O/c20-13-8-4-9-14(21)17(13)18(19(22)24)16-11-5-10-15(23-16)12-6-2-1-3-7-12/h1-11,18H,(H2,22,24). The molecule has 0 saturated carbocycles. The molecular formula is C19H14F2N2O. The fourth-order valence-electron chi connectivity index (χ4n) is 2.60. The number of amides is 1. The molecule has 120 valence electrons. The number of rotatable bonds is 4. The molecule has 0 bridgehead atoms. The summed E-state index contributed by atoms with van der Waals surface area (Å²) in [5.41, 5.74) is 6.65. The first-order valence-corrected chi connectivity index (χ1v) is 7.33. The lowest BCUT2D eigenvalue weighted by atomic mass is 9.93. The van der Waals surface area contributed by atoms with E-state index in [-0.39, 0.29) is 11.3 Å². The molecule has 1 aromatic heterocycles. The highest BCUT2D eigenvalue weighted by molar-refractivity contribution is 5.85. The molecule has 3 aromatic rings. The van der Waals surface area contributed by atoms with Gasteiger partial charge in [-0.2, -0.15) is 0 Å². The quantitative estimate of drug-likeness (QED) is 0.796. The lowest BCUT2D eigenvalue weighted by molar-refractivity contribution is -0.118. The Morgan fingerprint density at radius 3 is 2.12 bits per heavy atom. The van der Waals surface area contributed by atoms with Crippen LogP contribution >= 0.6 is 0 Å². The number of carbonyl (C=O) groups is 1. The summed E-state index contributed by atoms with van der Waals surface area (Å²) in [6.45, 7) is 0. The minimum atomic E-state index is -1.30. The molecule has 24 heavy (non-hydrogen) atoms. The maximum atomic E-state index is 14.1. The first-order valence-electron chi connectivity index (χ1n) is 7.33. The van der Waals surface area contributed by atoms with Gasteiger partial charge in [0.1, 0.15) is 17.6 Å². The molecule has 0 aliphatic heterocycles. The third-order valence-electron chi connectivity index (χ3n) is 3.71. The van der Waals surface area contributed by atoms with Crippen LogP contribution in [0.4, 0.5) is 8.78 Å². The molecule has 0 aliphatic carbocycles. The Balaban J connectivity index is 2.13. The highest BCUT2D eigenvalue weighted by Gasteiger charge is 2.28. The van der Waals surface area contributed by atoms with Crippen molar-refractivity contribution in [2.75, 3.05) is 0 Å². The molecular weight excluding hydrogens is 310 g/mol. The van der Waals surface area contributed by atoms with E-state index in [2.05, 4.69) is 4.98 Å². The van der Waals surface area contributed by atoms with Crippen molar-refractivity contribution in [1.29, 1.82) is 0 Å². The van der Waals surface area contributed by atoms with Crippen molar-refractivity contribution in [2.45, 2.75) is 5.92 Å². The van der Waals surface area contributed by atoms with Gasteiger partial charge in [-0.1, -0.05) is 42.5 Å². The Hall–Kier alpha value is -3.08. The summed E-state index contributed by atoms with van der Waals surface area (Å²) in [7, 11) is 0. The fourth-order valence-corrected chi connectivity index (χ4v) is 2.60. The molecule has 1 amide bonds. The van der Waals surface area contributed by atoms with Gasteiger partial charge in [-0.05, 0) is 24.3 Å². The van der Waals surface area contributed by atoms with E-state index in [0.29, 0.717) is 5.69 Å². The van der Waals surface area contributed by atoms with Gasteiger partial charge in [0.05, 0.1) is 11.4 Å². The average molecular weight is 324 g/mol. The van der Waals surface area contributed by atoms with Gasteiger partial charge in [-0.25, -0.2) is 8.78 Å². The molecule has 0 radical (unpaired) electrons. The van der Waals surface area contributed by atoms with E-state index in [1.54, 1.807) is 12.1 Å². The van der Waals surface area contributed by atoms with Gasteiger partial charge >= 0.3 is 0 Å². The summed E-state index contributed by atoms with van der Waals surface area (Å²) in [6, 6.07) is 17.7. The minimum Gasteiger partial charge on any atom is -0.369 e. The molecule has 2 aromatic carbocycles. The van der Waals surface area contributed by atoms with E-state index in [0.717, 1.165) is 17.7 Å². The maximum Gasteiger partial charge on any atom is 0.231 e. The van der Waals surface area contributed by atoms with Crippen molar-refractivity contribution in [3.05, 3.63) is 89.6 Å². The summed E-state index contributed by atoms with van der Waals surface area (Å²) in [6.07, 6.45) is 0. The molecule has 0 aliphatic rings. The zero-order valence-electron chi connectivity index (χ0n) is 12.6. The normalized spacial score (nSPS) is 11.9. The zero-order valence-corrected chi connectivity index (χ0v) is 12.6. The lowest BCUT2D eigenvalue weighted by Crippen LogP contribution is -2.25. The predicted octanol–water partition coefficient (Wildman–Crippen LogP) is 3.64. The SMILES string of the molecule is NC(=O)C(c1cccc(-c2ccccc2)n1)c1c(F)cccc1F. The predicted molar refractivity (Wildman–Crippen MR) is 87.1 cm³/mol. The van der Waals surface area contributed by atoms with E-state index < -0.39 is 23.5 Å². The van der Waals surface area contributed by atoms with Crippen LogP contribution in [0, 0.1) is 11.6 Å². The van der Waals surface area contributed by atoms with E-state index in [4.69, 9.17) is 5.73 Å². The highest BCUT2D eigenvalue weighted by atomic mass is 19.1. The Morgan fingerprint density at radius 1 is 0.875 bits per heavy atom. The largest absolute Gasteiger partial charge is 0.369 e. The lowest BCUT2D eigenvalue weighted by Gasteiger charge is -2.16. The van der Waals surface area contributed by atoms with Gasteiger partial charge in [-0.15, -0.1) is 0 Å². The third-order valence-corrected chi connectivity index (χ3v) is 3.71. The van der Waals surface area contributed by atoms with Crippen LogP contribution in [0.3, 0.4) is 0 Å². The van der Waals surface area contributed by atoms with Gasteiger partial charge in [0.25, 0.3) is 0 Å².